The third-order valence-corrected chi connectivity index (χ3v) is 5.11. The van der Waals surface area contributed by atoms with Gasteiger partial charge in [0, 0.05) is 44.5 Å². The highest BCUT2D eigenvalue weighted by molar-refractivity contribution is 5.72. The van der Waals surface area contributed by atoms with Gasteiger partial charge >= 0.3 is 5.97 Å². The van der Waals surface area contributed by atoms with Crippen molar-refractivity contribution in [2.45, 2.75) is 19.9 Å². The highest BCUT2D eigenvalue weighted by atomic mass is 16.4. The number of aryl methyl sites for hydroxylation is 1. The maximum Gasteiger partial charge on any atom is 0.307 e. The Morgan fingerprint density at radius 1 is 1.19 bits per heavy atom. The van der Waals surface area contributed by atoms with Crippen LogP contribution >= 0.6 is 0 Å². The molecule has 3 aromatic rings. The van der Waals surface area contributed by atoms with E-state index in [2.05, 4.69) is 39.9 Å². The van der Waals surface area contributed by atoms with Crippen molar-refractivity contribution in [3.8, 4) is 11.3 Å². The van der Waals surface area contributed by atoms with Crippen molar-refractivity contribution in [2.75, 3.05) is 26.2 Å². The van der Waals surface area contributed by atoms with Gasteiger partial charge in [-0.15, -0.1) is 0 Å². The van der Waals surface area contributed by atoms with Gasteiger partial charge in [0.25, 0.3) is 0 Å². The number of pyridine rings is 1. The number of carboxylic acids is 1. The molecule has 6 heteroatoms. The molecule has 6 nitrogen and oxygen atoms in total. The Bertz CT molecular complexity index is 956. The number of hydrogen-bond acceptors (Lipinski definition) is 4. The van der Waals surface area contributed by atoms with Gasteiger partial charge < -0.3 is 14.8 Å². The molecule has 0 atom stereocenters. The van der Waals surface area contributed by atoms with Crippen LogP contribution in [0.5, 0.6) is 0 Å². The molecule has 1 fully saturated rings. The van der Waals surface area contributed by atoms with E-state index in [-0.39, 0.29) is 6.42 Å². The number of nitrogens with one attached hydrogen (secondary N) is 1. The lowest BCUT2D eigenvalue weighted by molar-refractivity contribution is -0.136. The van der Waals surface area contributed by atoms with Crippen molar-refractivity contribution in [1.29, 1.82) is 0 Å². The van der Waals surface area contributed by atoms with E-state index in [9.17, 15) is 4.79 Å². The zero-order chi connectivity index (χ0) is 18.8. The van der Waals surface area contributed by atoms with Crippen LogP contribution in [0.2, 0.25) is 0 Å². The first-order chi connectivity index (χ1) is 13.1. The zero-order valence-electron chi connectivity index (χ0n) is 15.5. The Morgan fingerprint density at radius 2 is 1.93 bits per heavy atom. The molecule has 0 saturated carbocycles. The van der Waals surface area contributed by atoms with E-state index >= 15 is 0 Å². The van der Waals surface area contributed by atoms with Crippen LogP contribution in [0.3, 0.4) is 0 Å². The summed E-state index contributed by atoms with van der Waals surface area (Å²) in [6.07, 6.45) is 2.12. The maximum atomic E-state index is 10.9. The van der Waals surface area contributed by atoms with E-state index in [0.717, 1.165) is 60.8 Å². The van der Waals surface area contributed by atoms with Crippen LogP contribution in [0.1, 0.15) is 16.8 Å². The van der Waals surface area contributed by atoms with Crippen LogP contribution in [0.25, 0.3) is 16.9 Å². The number of piperazine rings is 1. The molecule has 2 aromatic heterocycles. The highest BCUT2D eigenvalue weighted by Gasteiger charge is 2.19. The average molecular weight is 364 g/mol. The number of benzene rings is 1. The molecule has 1 saturated heterocycles. The van der Waals surface area contributed by atoms with Crippen molar-refractivity contribution in [1.82, 2.24) is 19.6 Å². The van der Waals surface area contributed by atoms with E-state index < -0.39 is 5.97 Å². The number of aliphatic carboxylic acids is 1. The van der Waals surface area contributed by atoms with E-state index in [0.29, 0.717) is 0 Å². The standard InChI is InChI=1S/C21H24N4O2/c1-15-3-2-10-25-18(14-24-11-8-22-9-12-24)20(23-21(15)25)17-6-4-16(5-7-17)13-19(26)27/h2-7,10,22H,8-9,11-14H2,1H3,(H,26,27). The molecular weight excluding hydrogens is 340 g/mol. The van der Waals surface area contributed by atoms with Gasteiger partial charge in [0.2, 0.25) is 0 Å². The minimum atomic E-state index is -0.814. The third-order valence-electron chi connectivity index (χ3n) is 5.11. The fraction of sp³-hybridized carbons (Fsp3) is 0.333. The van der Waals surface area contributed by atoms with Crippen LogP contribution in [0, 0.1) is 6.92 Å². The topological polar surface area (TPSA) is 69.9 Å². The lowest BCUT2D eigenvalue weighted by Gasteiger charge is -2.27. The lowest BCUT2D eigenvalue weighted by atomic mass is 10.1. The molecule has 0 bridgehead atoms. The zero-order valence-corrected chi connectivity index (χ0v) is 15.5. The Morgan fingerprint density at radius 3 is 2.63 bits per heavy atom. The normalized spacial score (nSPS) is 15.3. The van der Waals surface area contributed by atoms with Crippen LogP contribution in [-0.4, -0.2) is 51.5 Å². The molecule has 3 heterocycles. The largest absolute Gasteiger partial charge is 0.481 e. The second-order valence-electron chi connectivity index (χ2n) is 7.09. The van der Waals surface area contributed by atoms with Crippen molar-refractivity contribution >= 4 is 11.6 Å². The van der Waals surface area contributed by atoms with Crippen LogP contribution in [0.4, 0.5) is 0 Å². The number of nitrogens with zero attached hydrogens (tertiary/aromatic N) is 3. The molecule has 0 radical (unpaired) electrons. The number of carbonyl (C=O) groups is 1. The molecule has 0 amide bonds. The Kier molecular flexibility index (Phi) is 4.92. The lowest BCUT2D eigenvalue weighted by Crippen LogP contribution is -2.43. The van der Waals surface area contributed by atoms with Gasteiger partial charge in [0.1, 0.15) is 5.65 Å². The van der Waals surface area contributed by atoms with Gasteiger partial charge in [0.05, 0.1) is 17.8 Å². The number of aromatic nitrogens is 2. The van der Waals surface area contributed by atoms with E-state index in [1.807, 2.05) is 24.3 Å². The average Bonchev–Trinajstić information content (AvgIpc) is 3.03. The molecular formula is C21H24N4O2. The van der Waals surface area contributed by atoms with Crippen molar-refractivity contribution < 1.29 is 9.90 Å². The summed E-state index contributed by atoms with van der Waals surface area (Å²) >= 11 is 0. The van der Waals surface area contributed by atoms with Crippen LogP contribution < -0.4 is 5.32 Å². The van der Waals surface area contributed by atoms with Gasteiger partial charge in [-0.25, -0.2) is 4.98 Å². The molecule has 1 aliphatic rings. The van der Waals surface area contributed by atoms with Gasteiger partial charge in [-0.3, -0.25) is 9.69 Å². The third kappa shape index (κ3) is 3.72. The minimum Gasteiger partial charge on any atom is -0.481 e. The van der Waals surface area contributed by atoms with E-state index in [4.69, 9.17) is 10.1 Å². The van der Waals surface area contributed by atoms with Gasteiger partial charge in [-0.2, -0.15) is 0 Å². The number of imidazole rings is 1. The molecule has 2 N–H and O–H groups in total. The van der Waals surface area contributed by atoms with Gasteiger partial charge in [-0.1, -0.05) is 30.3 Å². The molecule has 0 spiro atoms. The van der Waals surface area contributed by atoms with Gasteiger partial charge in [0.15, 0.2) is 0 Å². The molecule has 27 heavy (non-hydrogen) atoms. The summed E-state index contributed by atoms with van der Waals surface area (Å²) in [6.45, 7) is 6.99. The molecule has 0 aliphatic carbocycles. The fourth-order valence-corrected chi connectivity index (χ4v) is 3.67. The summed E-state index contributed by atoms with van der Waals surface area (Å²) in [5.41, 5.74) is 6.11. The second kappa shape index (κ2) is 7.50. The molecule has 0 unspecified atom stereocenters. The maximum absolute atomic E-state index is 10.9. The Labute approximate surface area is 158 Å². The fourth-order valence-electron chi connectivity index (χ4n) is 3.67. The SMILES string of the molecule is Cc1cccn2c(CN3CCNCC3)c(-c3ccc(CC(=O)O)cc3)nc12. The minimum absolute atomic E-state index is 0.0399. The quantitative estimate of drug-likeness (QED) is 0.727. The first-order valence-corrected chi connectivity index (χ1v) is 9.32. The molecule has 4 rings (SSSR count). The predicted octanol–water partition coefficient (Wildman–Crippen LogP) is 2.34. The number of hydrogen-bond donors (Lipinski definition) is 2. The summed E-state index contributed by atoms with van der Waals surface area (Å²) in [6, 6.07) is 11.9. The first kappa shape index (κ1) is 17.7. The van der Waals surface area contributed by atoms with Gasteiger partial charge in [-0.05, 0) is 24.1 Å². The summed E-state index contributed by atoms with van der Waals surface area (Å²) in [5, 5.41) is 12.4. The molecule has 1 aromatic carbocycles. The predicted molar refractivity (Wildman–Crippen MR) is 105 cm³/mol. The summed E-state index contributed by atoms with van der Waals surface area (Å²) < 4.78 is 2.19. The summed E-state index contributed by atoms with van der Waals surface area (Å²) in [4.78, 5) is 18.3. The van der Waals surface area contributed by atoms with Crippen LogP contribution in [-0.2, 0) is 17.8 Å². The highest BCUT2D eigenvalue weighted by Crippen LogP contribution is 2.27. The number of carboxylic acid groups (broad SMARTS) is 1. The number of fused-ring (bicyclic) bond motifs is 1. The van der Waals surface area contributed by atoms with Crippen molar-refractivity contribution in [3.05, 3.63) is 59.4 Å². The molecule has 1 aliphatic heterocycles. The van der Waals surface area contributed by atoms with E-state index in [1.165, 1.54) is 5.69 Å². The smallest absolute Gasteiger partial charge is 0.307 e. The number of rotatable bonds is 5. The van der Waals surface area contributed by atoms with E-state index in [1.54, 1.807) is 0 Å². The Hall–Kier alpha value is -2.70. The van der Waals surface area contributed by atoms with Crippen molar-refractivity contribution in [2.24, 2.45) is 0 Å². The summed E-state index contributed by atoms with van der Waals surface area (Å²) in [5.74, 6) is -0.814. The summed E-state index contributed by atoms with van der Waals surface area (Å²) in [7, 11) is 0. The second-order valence-corrected chi connectivity index (χ2v) is 7.09. The van der Waals surface area contributed by atoms with Crippen LogP contribution in [0.15, 0.2) is 42.6 Å². The monoisotopic (exact) mass is 364 g/mol. The van der Waals surface area contributed by atoms with Crippen molar-refractivity contribution in [3.63, 3.8) is 0 Å². The molecule has 140 valence electrons. The first-order valence-electron chi connectivity index (χ1n) is 9.32. The Balaban J connectivity index is 1.75.